The SMILES string of the molecule is COc1ccc(C(NC(=O)CCc2c(C)nc3cc(C)nn3c2C)c2ccc(OC)cc2)cc1. The fraction of sp³-hybridized carbons (Fsp3) is 0.296. The Morgan fingerprint density at radius 1 is 0.941 bits per heavy atom. The Bertz CT molecular complexity index is 1250. The number of aryl methyl sites for hydroxylation is 3. The third-order valence-electron chi connectivity index (χ3n) is 6.09. The van der Waals surface area contributed by atoms with Crippen LogP contribution >= 0.6 is 0 Å². The third kappa shape index (κ3) is 4.88. The fourth-order valence-corrected chi connectivity index (χ4v) is 4.23. The number of amides is 1. The molecule has 0 unspecified atom stereocenters. The van der Waals surface area contributed by atoms with Gasteiger partial charge in [-0.25, -0.2) is 9.50 Å². The van der Waals surface area contributed by atoms with Gasteiger partial charge in [-0.1, -0.05) is 24.3 Å². The summed E-state index contributed by atoms with van der Waals surface area (Å²) in [7, 11) is 3.27. The normalized spacial score (nSPS) is 11.1. The topological polar surface area (TPSA) is 77.8 Å². The highest BCUT2D eigenvalue weighted by molar-refractivity contribution is 5.77. The molecule has 0 radical (unpaired) electrons. The molecule has 1 amide bonds. The van der Waals surface area contributed by atoms with E-state index in [9.17, 15) is 4.79 Å². The summed E-state index contributed by atoms with van der Waals surface area (Å²) in [6, 6.07) is 17.2. The maximum atomic E-state index is 13.1. The summed E-state index contributed by atoms with van der Waals surface area (Å²) >= 11 is 0. The van der Waals surface area contributed by atoms with Gasteiger partial charge in [0.05, 0.1) is 26.0 Å². The lowest BCUT2D eigenvalue weighted by atomic mass is 9.97. The molecular formula is C27H30N4O3. The molecule has 0 bridgehead atoms. The Morgan fingerprint density at radius 2 is 1.50 bits per heavy atom. The van der Waals surface area contributed by atoms with E-state index in [1.54, 1.807) is 14.2 Å². The molecule has 4 aromatic rings. The Morgan fingerprint density at radius 3 is 2.03 bits per heavy atom. The molecule has 0 saturated heterocycles. The Kier molecular flexibility index (Phi) is 6.82. The summed E-state index contributed by atoms with van der Waals surface area (Å²) in [5.74, 6) is 1.50. The predicted molar refractivity (Wildman–Crippen MR) is 131 cm³/mol. The number of nitrogens with zero attached hydrogens (tertiary/aromatic N) is 3. The van der Waals surface area contributed by atoms with Crippen LogP contribution in [0.25, 0.3) is 5.65 Å². The van der Waals surface area contributed by atoms with Crippen LogP contribution in [0.2, 0.25) is 0 Å². The van der Waals surface area contributed by atoms with Gasteiger partial charge >= 0.3 is 0 Å². The molecule has 2 aromatic carbocycles. The summed E-state index contributed by atoms with van der Waals surface area (Å²) in [6.45, 7) is 5.97. The van der Waals surface area contributed by atoms with Crippen LogP contribution in [0.5, 0.6) is 11.5 Å². The van der Waals surface area contributed by atoms with Crippen molar-refractivity contribution in [2.75, 3.05) is 14.2 Å². The number of aromatic nitrogens is 3. The molecule has 0 aliphatic carbocycles. The maximum absolute atomic E-state index is 13.1. The van der Waals surface area contributed by atoms with Crippen molar-refractivity contribution in [3.8, 4) is 11.5 Å². The van der Waals surface area contributed by atoms with E-state index in [4.69, 9.17) is 9.47 Å². The number of hydrogen-bond acceptors (Lipinski definition) is 5. The second kappa shape index (κ2) is 9.95. The summed E-state index contributed by atoms with van der Waals surface area (Å²) < 4.78 is 12.4. The van der Waals surface area contributed by atoms with E-state index in [0.29, 0.717) is 12.8 Å². The maximum Gasteiger partial charge on any atom is 0.221 e. The van der Waals surface area contributed by atoms with Crippen molar-refractivity contribution < 1.29 is 14.3 Å². The minimum Gasteiger partial charge on any atom is -0.497 e. The first kappa shape index (κ1) is 23.3. The van der Waals surface area contributed by atoms with Crippen LogP contribution in [0.1, 0.15) is 46.2 Å². The second-order valence-electron chi connectivity index (χ2n) is 8.36. The zero-order chi connectivity index (χ0) is 24.2. The molecule has 2 heterocycles. The summed E-state index contributed by atoms with van der Waals surface area (Å²) in [5.41, 5.74) is 6.70. The first-order chi connectivity index (χ1) is 16.4. The number of rotatable bonds is 8. The van der Waals surface area contributed by atoms with Gasteiger partial charge in [0.25, 0.3) is 0 Å². The lowest BCUT2D eigenvalue weighted by Gasteiger charge is -2.21. The van der Waals surface area contributed by atoms with Crippen LogP contribution in [-0.4, -0.2) is 34.7 Å². The number of benzene rings is 2. The highest BCUT2D eigenvalue weighted by atomic mass is 16.5. The number of methoxy groups -OCH3 is 2. The van der Waals surface area contributed by atoms with Gasteiger partial charge in [-0.05, 0) is 68.1 Å². The number of fused-ring (bicyclic) bond motifs is 1. The standard InChI is InChI=1S/C27H30N4O3/c1-17-16-25-28-18(2)24(19(3)31(25)30-17)14-15-26(32)29-27(20-6-10-22(33-4)11-7-20)21-8-12-23(34-5)13-9-21/h6-13,16,27H,14-15H2,1-5H3,(H,29,32). The molecule has 0 aliphatic rings. The molecule has 4 rings (SSSR count). The molecule has 176 valence electrons. The molecule has 7 nitrogen and oxygen atoms in total. The van der Waals surface area contributed by atoms with Crippen LogP contribution in [0.15, 0.2) is 54.6 Å². The lowest BCUT2D eigenvalue weighted by molar-refractivity contribution is -0.121. The molecule has 0 fully saturated rings. The smallest absolute Gasteiger partial charge is 0.221 e. The zero-order valence-electron chi connectivity index (χ0n) is 20.3. The van der Waals surface area contributed by atoms with Crippen molar-refractivity contribution in [2.45, 2.75) is 39.7 Å². The molecule has 0 aliphatic heterocycles. The van der Waals surface area contributed by atoms with Crippen molar-refractivity contribution >= 4 is 11.6 Å². The molecule has 0 spiro atoms. The van der Waals surface area contributed by atoms with Gasteiger partial charge in [0.1, 0.15) is 11.5 Å². The van der Waals surface area contributed by atoms with E-state index < -0.39 is 0 Å². The van der Waals surface area contributed by atoms with Gasteiger partial charge in [-0.2, -0.15) is 5.10 Å². The number of carbonyl (C=O) groups is 1. The van der Waals surface area contributed by atoms with Crippen molar-refractivity contribution in [3.05, 3.63) is 88.4 Å². The predicted octanol–water partition coefficient (Wildman–Crippen LogP) is 4.51. The Hall–Kier alpha value is -3.87. The van der Waals surface area contributed by atoms with Crippen LogP contribution in [0, 0.1) is 20.8 Å². The summed E-state index contributed by atoms with van der Waals surface area (Å²) in [6.07, 6.45) is 0.932. The van der Waals surface area contributed by atoms with E-state index in [1.807, 2.05) is 79.9 Å². The first-order valence-electron chi connectivity index (χ1n) is 11.3. The Balaban J connectivity index is 1.55. The minimum atomic E-state index is -0.291. The highest BCUT2D eigenvalue weighted by Crippen LogP contribution is 2.26. The highest BCUT2D eigenvalue weighted by Gasteiger charge is 2.19. The average molecular weight is 459 g/mol. The molecule has 1 N–H and O–H groups in total. The zero-order valence-corrected chi connectivity index (χ0v) is 20.3. The van der Waals surface area contributed by atoms with E-state index in [0.717, 1.165) is 50.9 Å². The number of nitrogens with one attached hydrogen (secondary N) is 1. The van der Waals surface area contributed by atoms with Crippen molar-refractivity contribution in [1.82, 2.24) is 19.9 Å². The van der Waals surface area contributed by atoms with Gasteiger partial charge in [-0.3, -0.25) is 4.79 Å². The fourth-order valence-electron chi connectivity index (χ4n) is 4.23. The molecule has 2 aromatic heterocycles. The lowest BCUT2D eigenvalue weighted by Crippen LogP contribution is -2.29. The van der Waals surface area contributed by atoms with Gasteiger partial charge in [0.15, 0.2) is 5.65 Å². The van der Waals surface area contributed by atoms with Crippen molar-refractivity contribution in [1.29, 1.82) is 0 Å². The second-order valence-corrected chi connectivity index (χ2v) is 8.36. The monoisotopic (exact) mass is 458 g/mol. The van der Waals surface area contributed by atoms with Gasteiger partial charge in [0, 0.05) is 23.9 Å². The Labute approximate surface area is 199 Å². The van der Waals surface area contributed by atoms with Gasteiger partial charge < -0.3 is 14.8 Å². The molecule has 7 heteroatoms. The van der Waals surface area contributed by atoms with Crippen LogP contribution < -0.4 is 14.8 Å². The molecule has 0 atom stereocenters. The van der Waals surface area contributed by atoms with Crippen molar-refractivity contribution in [3.63, 3.8) is 0 Å². The summed E-state index contributed by atoms with van der Waals surface area (Å²) in [4.78, 5) is 17.8. The van der Waals surface area contributed by atoms with E-state index >= 15 is 0 Å². The first-order valence-corrected chi connectivity index (χ1v) is 11.3. The van der Waals surface area contributed by atoms with E-state index in [1.165, 1.54) is 0 Å². The van der Waals surface area contributed by atoms with E-state index in [2.05, 4.69) is 15.4 Å². The van der Waals surface area contributed by atoms with E-state index in [-0.39, 0.29) is 11.9 Å². The molecule has 34 heavy (non-hydrogen) atoms. The minimum absolute atomic E-state index is 0.0350. The molecule has 0 saturated carbocycles. The third-order valence-corrected chi connectivity index (χ3v) is 6.09. The average Bonchev–Trinajstić information content (AvgIpc) is 3.22. The number of hydrogen-bond donors (Lipinski definition) is 1. The van der Waals surface area contributed by atoms with Crippen molar-refractivity contribution in [2.24, 2.45) is 0 Å². The van der Waals surface area contributed by atoms with Gasteiger partial charge in [0.2, 0.25) is 5.91 Å². The van der Waals surface area contributed by atoms with Crippen LogP contribution in [0.3, 0.4) is 0 Å². The van der Waals surface area contributed by atoms with Crippen LogP contribution in [-0.2, 0) is 11.2 Å². The summed E-state index contributed by atoms with van der Waals surface area (Å²) in [5, 5.41) is 7.74. The largest absolute Gasteiger partial charge is 0.497 e. The van der Waals surface area contributed by atoms with Crippen LogP contribution in [0.4, 0.5) is 0 Å². The number of ether oxygens (including phenoxy) is 2. The number of carbonyl (C=O) groups excluding carboxylic acids is 1. The quantitative estimate of drug-likeness (QED) is 0.420. The molecular weight excluding hydrogens is 428 g/mol. The van der Waals surface area contributed by atoms with Gasteiger partial charge in [-0.15, -0.1) is 0 Å².